The molecule has 0 atom stereocenters. The molecule has 4 aromatic rings. The van der Waals surface area contributed by atoms with Crippen molar-refractivity contribution in [2.45, 2.75) is 19.4 Å². The normalized spacial score (nSPS) is 11.8. The lowest BCUT2D eigenvalue weighted by Gasteiger charge is -2.18. The summed E-state index contributed by atoms with van der Waals surface area (Å²) < 4.78 is 0. The van der Waals surface area contributed by atoms with Gasteiger partial charge < -0.3 is 5.84 Å². The van der Waals surface area contributed by atoms with E-state index in [1.807, 2.05) is 24.4 Å². The molecule has 0 aliphatic rings. The van der Waals surface area contributed by atoms with Crippen LogP contribution in [-0.4, -0.2) is 16.9 Å². The predicted octanol–water partition coefficient (Wildman–Crippen LogP) is 4.36. The Balaban J connectivity index is 1.48. The Labute approximate surface area is 196 Å². The second-order valence-corrected chi connectivity index (χ2v) is 9.77. The zero-order chi connectivity index (χ0) is 22.7. The SMILES string of the molecule is NN=C(C=NCc1ccccc1)CCc1ccnc(P(c2ccccc2)c2ccccc2)c1. The molecule has 5 heteroatoms. The van der Waals surface area contributed by atoms with Gasteiger partial charge >= 0.3 is 0 Å². The highest BCUT2D eigenvalue weighted by molar-refractivity contribution is 7.79. The van der Waals surface area contributed by atoms with Crippen LogP contribution in [0.25, 0.3) is 0 Å². The van der Waals surface area contributed by atoms with E-state index in [4.69, 9.17) is 10.8 Å². The van der Waals surface area contributed by atoms with E-state index < -0.39 is 7.92 Å². The summed E-state index contributed by atoms with van der Waals surface area (Å²) >= 11 is 0. The second-order valence-electron chi connectivity index (χ2n) is 7.60. The third-order valence-electron chi connectivity index (χ3n) is 5.26. The van der Waals surface area contributed by atoms with Crippen molar-refractivity contribution in [3.8, 4) is 0 Å². The molecule has 0 aliphatic carbocycles. The van der Waals surface area contributed by atoms with Crippen molar-refractivity contribution in [3.05, 3.63) is 120 Å². The number of benzene rings is 3. The van der Waals surface area contributed by atoms with Crippen LogP contribution in [0.5, 0.6) is 0 Å². The number of hydrogen-bond acceptors (Lipinski definition) is 4. The molecule has 2 N–H and O–H groups in total. The fourth-order valence-corrected chi connectivity index (χ4v) is 5.83. The molecule has 0 spiro atoms. The molecule has 164 valence electrons. The first-order valence-corrected chi connectivity index (χ1v) is 12.3. The zero-order valence-corrected chi connectivity index (χ0v) is 19.4. The molecule has 0 aliphatic heterocycles. The summed E-state index contributed by atoms with van der Waals surface area (Å²) in [5.41, 5.74) is 4.28. The van der Waals surface area contributed by atoms with E-state index in [2.05, 4.69) is 95.0 Å². The fraction of sp³-hybridized carbons (Fsp3) is 0.107. The van der Waals surface area contributed by atoms with Crippen molar-refractivity contribution in [2.75, 3.05) is 0 Å². The van der Waals surface area contributed by atoms with Gasteiger partial charge in [-0.25, -0.2) is 0 Å². The molecule has 0 fully saturated rings. The molecule has 0 radical (unpaired) electrons. The average molecular weight is 451 g/mol. The Morgan fingerprint density at radius 3 is 2.00 bits per heavy atom. The maximum absolute atomic E-state index is 5.63. The van der Waals surface area contributed by atoms with E-state index in [0.717, 1.165) is 24.0 Å². The van der Waals surface area contributed by atoms with Gasteiger partial charge in [-0.15, -0.1) is 0 Å². The number of aryl methyl sites for hydroxylation is 1. The van der Waals surface area contributed by atoms with Gasteiger partial charge in [-0.2, -0.15) is 5.10 Å². The monoisotopic (exact) mass is 450 g/mol. The summed E-state index contributed by atoms with van der Waals surface area (Å²) in [6.45, 7) is 0.623. The number of aromatic nitrogens is 1. The van der Waals surface area contributed by atoms with Crippen LogP contribution in [0.15, 0.2) is 119 Å². The van der Waals surface area contributed by atoms with E-state index in [1.54, 1.807) is 6.21 Å². The molecule has 4 nitrogen and oxygen atoms in total. The number of hydrazone groups is 1. The van der Waals surface area contributed by atoms with Crippen molar-refractivity contribution in [1.82, 2.24) is 4.98 Å². The largest absolute Gasteiger partial charge is 0.323 e. The molecular formula is C28H27N4P. The van der Waals surface area contributed by atoms with Gasteiger partial charge in [-0.3, -0.25) is 9.98 Å². The predicted molar refractivity (Wildman–Crippen MR) is 142 cm³/mol. The lowest BCUT2D eigenvalue weighted by atomic mass is 10.1. The maximum atomic E-state index is 5.63. The van der Waals surface area contributed by atoms with Crippen LogP contribution in [0.1, 0.15) is 17.5 Å². The van der Waals surface area contributed by atoms with Crippen molar-refractivity contribution < 1.29 is 0 Å². The number of hydrogen-bond donors (Lipinski definition) is 1. The Kier molecular flexibility index (Phi) is 8.10. The number of aliphatic imine (C=N–C) groups is 1. The smallest absolute Gasteiger partial charge is 0.0781 e. The summed E-state index contributed by atoms with van der Waals surface area (Å²) in [5, 5.41) is 6.53. The Morgan fingerprint density at radius 1 is 0.788 bits per heavy atom. The first-order chi connectivity index (χ1) is 16.3. The second kappa shape index (κ2) is 11.8. The van der Waals surface area contributed by atoms with E-state index in [9.17, 15) is 0 Å². The van der Waals surface area contributed by atoms with Gasteiger partial charge in [0.1, 0.15) is 0 Å². The quantitative estimate of drug-likeness (QED) is 0.178. The fourth-order valence-electron chi connectivity index (χ4n) is 3.58. The molecule has 3 aromatic carbocycles. The molecule has 33 heavy (non-hydrogen) atoms. The van der Waals surface area contributed by atoms with Crippen LogP contribution in [0, 0.1) is 0 Å². The third kappa shape index (κ3) is 6.44. The van der Waals surface area contributed by atoms with Gasteiger partial charge in [-0.05, 0) is 46.7 Å². The van der Waals surface area contributed by atoms with Gasteiger partial charge in [0.25, 0.3) is 0 Å². The summed E-state index contributed by atoms with van der Waals surface area (Å²) in [4.78, 5) is 9.28. The Morgan fingerprint density at radius 2 is 1.39 bits per heavy atom. The molecule has 0 bridgehead atoms. The Bertz CT molecular complexity index is 1150. The first kappa shape index (κ1) is 22.6. The van der Waals surface area contributed by atoms with Crippen LogP contribution in [-0.2, 0) is 13.0 Å². The topological polar surface area (TPSA) is 63.6 Å². The number of nitrogens with zero attached hydrogens (tertiary/aromatic N) is 3. The van der Waals surface area contributed by atoms with Crippen LogP contribution >= 0.6 is 7.92 Å². The Hall–Kier alpha value is -3.62. The maximum Gasteiger partial charge on any atom is 0.0781 e. The van der Waals surface area contributed by atoms with Crippen molar-refractivity contribution in [1.29, 1.82) is 0 Å². The molecule has 0 unspecified atom stereocenters. The highest BCUT2D eigenvalue weighted by atomic mass is 31.1. The van der Waals surface area contributed by atoms with Gasteiger partial charge in [0.2, 0.25) is 0 Å². The highest BCUT2D eigenvalue weighted by Crippen LogP contribution is 2.31. The number of nitrogens with two attached hydrogens (primary N) is 1. The molecule has 4 rings (SSSR count). The third-order valence-corrected chi connectivity index (χ3v) is 7.59. The lowest BCUT2D eigenvalue weighted by Crippen LogP contribution is -2.23. The summed E-state index contributed by atoms with van der Waals surface area (Å²) in [6.07, 6.45) is 5.26. The standard InChI is InChI=1S/C28H27N4P/c29-32-25(22-30-21-24-10-4-1-5-11-24)17-16-23-18-19-31-28(20-23)33(26-12-6-2-7-13-26)27-14-8-3-9-15-27/h1-15,18-20,22H,16-17,21,29H2. The summed E-state index contributed by atoms with van der Waals surface area (Å²) in [6, 6.07) is 35.7. The van der Waals surface area contributed by atoms with E-state index >= 15 is 0 Å². The molecule has 1 aromatic heterocycles. The molecule has 0 saturated carbocycles. The molecule has 1 heterocycles. The summed E-state index contributed by atoms with van der Waals surface area (Å²) in [7, 11) is -0.719. The van der Waals surface area contributed by atoms with Crippen LogP contribution < -0.4 is 21.9 Å². The minimum absolute atomic E-state index is 0.623. The average Bonchev–Trinajstić information content (AvgIpc) is 2.88. The number of rotatable bonds is 9. The number of pyridine rings is 1. The minimum atomic E-state index is -0.719. The zero-order valence-electron chi connectivity index (χ0n) is 18.5. The molecule has 0 amide bonds. The molecular weight excluding hydrogens is 423 g/mol. The van der Waals surface area contributed by atoms with Crippen molar-refractivity contribution >= 4 is 35.9 Å². The van der Waals surface area contributed by atoms with E-state index in [0.29, 0.717) is 6.54 Å². The van der Waals surface area contributed by atoms with Crippen LogP contribution in [0.4, 0.5) is 0 Å². The van der Waals surface area contributed by atoms with E-state index in [-0.39, 0.29) is 0 Å². The van der Waals surface area contributed by atoms with E-state index in [1.165, 1.54) is 21.7 Å². The van der Waals surface area contributed by atoms with Crippen LogP contribution in [0.2, 0.25) is 0 Å². The van der Waals surface area contributed by atoms with Gasteiger partial charge in [-0.1, -0.05) is 91.0 Å². The minimum Gasteiger partial charge on any atom is -0.323 e. The van der Waals surface area contributed by atoms with Gasteiger partial charge in [0.05, 0.1) is 17.7 Å². The first-order valence-electron chi connectivity index (χ1n) is 11.0. The van der Waals surface area contributed by atoms with Gasteiger partial charge in [0.15, 0.2) is 0 Å². The van der Waals surface area contributed by atoms with Crippen molar-refractivity contribution in [2.24, 2.45) is 15.9 Å². The highest BCUT2D eigenvalue weighted by Gasteiger charge is 2.17. The lowest BCUT2D eigenvalue weighted by molar-refractivity contribution is 1.02. The molecule has 0 saturated heterocycles. The summed E-state index contributed by atoms with van der Waals surface area (Å²) in [5.74, 6) is 5.63. The van der Waals surface area contributed by atoms with Crippen LogP contribution in [0.3, 0.4) is 0 Å². The van der Waals surface area contributed by atoms with Crippen molar-refractivity contribution in [3.63, 3.8) is 0 Å². The van der Waals surface area contributed by atoms with Gasteiger partial charge in [0, 0.05) is 20.3 Å².